The first-order valence-electron chi connectivity index (χ1n) is 5.60. The molecule has 1 aromatic heterocycles. The van der Waals surface area contributed by atoms with Crippen LogP contribution in [-0.4, -0.2) is 7.85 Å². The highest BCUT2D eigenvalue weighted by Gasteiger charge is 2.11. The van der Waals surface area contributed by atoms with Crippen molar-refractivity contribution in [1.82, 2.24) is 0 Å². The van der Waals surface area contributed by atoms with Crippen molar-refractivity contribution in [1.29, 1.82) is 0 Å². The highest BCUT2D eigenvalue weighted by atomic mass is 16.3. The topological polar surface area (TPSA) is 13.1 Å². The van der Waals surface area contributed by atoms with Crippen LogP contribution in [0.2, 0.25) is 0 Å². The van der Waals surface area contributed by atoms with Gasteiger partial charge in [0.05, 0.1) is 6.26 Å². The lowest BCUT2D eigenvalue weighted by atomic mass is 9.81. The van der Waals surface area contributed by atoms with Gasteiger partial charge in [-0.25, -0.2) is 0 Å². The molecule has 1 heterocycles. The van der Waals surface area contributed by atoms with Gasteiger partial charge in [0.25, 0.3) is 0 Å². The van der Waals surface area contributed by atoms with E-state index in [-0.39, 0.29) is 0 Å². The number of furan rings is 1. The molecule has 15 heavy (non-hydrogen) atoms. The van der Waals surface area contributed by atoms with Crippen LogP contribution in [0.1, 0.15) is 43.6 Å². The van der Waals surface area contributed by atoms with E-state index >= 15 is 0 Å². The number of hydrogen-bond donors (Lipinski definition) is 0. The van der Waals surface area contributed by atoms with Crippen LogP contribution in [0.25, 0.3) is 11.0 Å². The number of hydrogen-bond acceptors (Lipinski definition) is 1. The normalized spacial score (nSPS) is 13.6. The Morgan fingerprint density at radius 2 is 1.93 bits per heavy atom. The fraction of sp³-hybridized carbons (Fsp3) is 0.385. The molecule has 0 saturated heterocycles. The van der Waals surface area contributed by atoms with Crippen molar-refractivity contribution in [3.8, 4) is 0 Å². The summed E-state index contributed by atoms with van der Waals surface area (Å²) in [6.07, 6.45) is 1.78. The Morgan fingerprint density at radius 3 is 2.53 bits per heavy atom. The van der Waals surface area contributed by atoms with E-state index in [0.717, 1.165) is 5.58 Å². The molecule has 0 fully saturated rings. The molecule has 2 heteroatoms. The van der Waals surface area contributed by atoms with Crippen molar-refractivity contribution in [3.05, 3.63) is 35.6 Å². The lowest BCUT2D eigenvalue weighted by Crippen LogP contribution is -1.96. The minimum atomic E-state index is 0.511. The van der Waals surface area contributed by atoms with Crippen molar-refractivity contribution in [2.75, 3.05) is 0 Å². The summed E-state index contributed by atoms with van der Waals surface area (Å²) in [5.74, 6) is 1.08. The van der Waals surface area contributed by atoms with Gasteiger partial charge in [-0.15, -0.1) is 0 Å². The van der Waals surface area contributed by atoms with Crippen molar-refractivity contribution in [2.45, 2.75) is 32.5 Å². The third-order valence-electron chi connectivity index (χ3n) is 2.89. The predicted molar refractivity (Wildman–Crippen MR) is 67.3 cm³/mol. The third-order valence-corrected chi connectivity index (χ3v) is 2.89. The van der Waals surface area contributed by atoms with Crippen molar-refractivity contribution < 1.29 is 4.42 Å². The summed E-state index contributed by atoms with van der Waals surface area (Å²) < 4.78 is 5.55. The molecule has 0 bridgehead atoms. The maximum absolute atomic E-state index is 5.55. The largest absolute Gasteiger partial charge is 0.464 e. The highest BCUT2D eigenvalue weighted by Crippen LogP contribution is 2.29. The molecule has 1 aromatic carbocycles. The van der Waals surface area contributed by atoms with Crippen LogP contribution in [0.4, 0.5) is 0 Å². The van der Waals surface area contributed by atoms with Gasteiger partial charge in [0.2, 0.25) is 0 Å². The van der Waals surface area contributed by atoms with E-state index in [1.165, 1.54) is 16.5 Å². The van der Waals surface area contributed by atoms with Crippen LogP contribution >= 0.6 is 0 Å². The molecule has 0 aliphatic rings. The molecule has 0 aliphatic heterocycles. The molecule has 78 valence electrons. The summed E-state index contributed by atoms with van der Waals surface area (Å²) >= 11 is 0. The molecule has 0 spiro atoms. The van der Waals surface area contributed by atoms with E-state index in [2.05, 4.69) is 40.8 Å². The SMILES string of the molecule is BC(C)c1cc(C(C)C)cc2ccoc12. The van der Waals surface area contributed by atoms with Gasteiger partial charge in [-0.3, -0.25) is 0 Å². The van der Waals surface area contributed by atoms with Gasteiger partial charge in [-0.2, -0.15) is 0 Å². The van der Waals surface area contributed by atoms with Crippen LogP contribution in [0, 0.1) is 0 Å². The molecule has 0 aliphatic carbocycles. The van der Waals surface area contributed by atoms with Gasteiger partial charge in [0.1, 0.15) is 13.4 Å². The molecular formula is C13H17BO. The number of fused-ring (bicyclic) bond motifs is 1. The van der Waals surface area contributed by atoms with Crippen molar-refractivity contribution >= 4 is 18.8 Å². The fourth-order valence-corrected chi connectivity index (χ4v) is 1.90. The van der Waals surface area contributed by atoms with Gasteiger partial charge in [-0.1, -0.05) is 26.8 Å². The second kappa shape index (κ2) is 3.76. The van der Waals surface area contributed by atoms with Gasteiger partial charge in [0, 0.05) is 5.39 Å². The van der Waals surface area contributed by atoms with Gasteiger partial charge < -0.3 is 4.42 Å². The summed E-state index contributed by atoms with van der Waals surface area (Å²) in [6.45, 7) is 6.66. The van der Waals surface area contributed by atoms with E-state index in [1.54, 1.807) is 6.26 Å². The standard InChI is InChI=1S/C13H17BO/c1-8(2)11-6-10-4-5-15-13(10)12(7-11)9(3)14/h4-9H,14H2,1-3H3. The highest BCUT2D eigenvalue weighted by molar-refractivity contribution is 6.13. The van der Waals surface area contributed by atoms with Crippen LogP contribution in [-0.2, 0) is 0 Å². The van der Waals surface area contributed by atoms with E-state index in [9.17, 15) is 0 Å². The second-order valence-corrected chi connectivity index (χ2v) is 4.76. The third kappa shape index (κ3) is 1.81. The van der Waals surface area contributed by atoms with Crippen LogP contribution in [0.3, 0.4) is 0 Å². The Morgan fingerprint density at radius 1 is 1.20 bits per heavy atom. The smallest absolute Gasteiger partial charge is 0.136 e. The Balaban J connectivity index is 2.69. The quantitative estimate of drug-likeness (QED) is 0.678. The van der Waals surface area contributed by atoms with Crippen LogP contribution < -0.4 is 0 Å². The van der Waals surface area contributed by atoms with Crippen molar-refractivity contribution in [3.63, 3.8) is 0 Å². The van der Waals surface area contributed by atoms with E-state index in [1.807, 2.05) is 6.07 Å². The summed E-state index contributed by atoms with van der Waals surface area (Å²) in [5, 5.41) is 1.23. The van der Waals surface area contributed by atoms with Gasteiger partial charge >= 0.3 is 0 Å². The summed E-state index contributed by atoms with van der Waals surface area (Å²) in [4.78, 5) is 0. The van der Waals surface area contributed by atoms with Crippen LogP contribution in [0.15, 0.2) is 28.9 Å². The molecular weight excluding hydrogens is 183 g/mol. The summed E-state index contributed by atoms with van der Waals surface area (Å²) in [7, 11) is 2.21. The minimum Gasteiger partial charge on any atom is -0.464 e. The van der Waals surface area contributed by atoms with Gasteiger partial charge in [0.15, 0.2) is 0 Å². The Kier molecular flexibility index (Phi) is 2.60. The molecule has 0 amide bonds. The molecule has 2 rings (SSSR count). The number of rotatable bonds is 2. The monoisotopic (exact) mass is 200 g/mol. The first kappa shape index (κ1) is 10.3. The maximum atomic E-state index is 5.55. The Hall–Kier alpha value is -1.18. The average molecular weight is 200 g/mol. The molecule has 2 aromatic rings. The van der Waals surface area contributed by atoms with Gasteiger partial charge in [-0.05, 0) is 35.0 Å². The molecule has 1 nitrogen and oxygen atoms in total. The zero-order valence-electron chi connectivity index (χ0n) is 9.87. The lowest BCUT2D eigenvalue weighted by Gasteiger charge is -2.11. The summed E-state index contributed by atoms with van der Waals surface area (Å²) in [5.41, 5.74) is 3.77. The van der Waals surface area contributed by atoms with Crippen LogP contribution in [0.5, 0.6) is 0 Å². The molecule has 0 saturated carbocycles. The first-order valence-corrected chi connectivity index (χ1v) is 5.60. The molecule has 1 atom stereocenters. The Labute approximate surface area is 91.9 Å². The molecule has 1 unspecified atom stereocenters. The van der Waals surface area contributed by atoms with E-state index in [0.29, 0.717) is 11.7 Å². The fourth-order valence-electron chi connectivity index (χ4n) is 1.90. The molecule has 0 N–H and O–H groups in total. The minimum absolute atomic E-state index is 0.511. The summed E-state index contributed by atoms with van der Waals surface area (Å²) in [6, 6.07) is 6.56. The zero-order chi connectivity index (χ0) is 11.0. The molecule has 0 radical (unpaired) electrons. The predicted octanol–water partition coefficient (Wildman–Crippen LogP) is 3.25. The Bertz CT molecular complexity index is 468. The maximum Gasteiger partial charge on any atom is 0.136 e. The number of benzene rings is 1. The first-order chi connectivity index (χ1) is 7.09. The zero-order valence-corrected chi connectivity index (χ0v) is 9.87. The van der Waals surface area contributed by atoms with E-state index < -0.39 is 0 Å². The average Bonchev–Trinajstić information content (AvgIpc) is 2.62. The van der Waals surface area contributed by atoms with E-state index in [4.69, 9.17) is 4.42 Å². The lowest BCUT2D eigenvalue weighted by molar-refractivity contribution is 0.610. The second-order valence-electron chi connectivity index (χ2n) is 4.76. The van der Waals surface area contributed by atoms with Crippen molar-refractivity contribution in [2.24, 2.45) is 0 Å².